The standard InChI is InChI=1S/C14H19NO4/c1-11(16)12-2-4-13(5-3-12)19-10-14(17)15-6-8-18-9-7-15/h2-5,11,16H,6-10H2,1H3. The number of hydrogen-bond donors (Lipinski definition) is 1. The Kier molecular flexibility index (Phi) is 4.76. The number of amides is 1. The summed E-state index contributed by atoms with van der Waals surface area (Å²) >= 11 is 0. The van der Waals surface area contributed by atoms with E-state index >= 15 is 0 Å². The Hall–Kier alpha value is -1.59. The molecular formula is C14H19NO4. The zero-order valence-electron chi connectivity index (χ0n) is 11.0. The van der Waals surface area contributed by atoms with Gasteiger partial charge in [0.25, 0.3) is 5.91 Å². The first-order valence-electron chi connectivity index (χ1n) is 6.43. The van der Waals surface area contributed by atoms with Crippen molar-refractivity contribution in [2.45, 2.75) is 13.0 Å². The fourth-order valence-corrected chi connectivity index (χ4v) is 1.89. The Bertz CT molecular complexity index is 410. The lowest BCUT2D eigenvalue weighted by Gasteiger charge is -2.26. The first-order chi connectivity index (χ1) is 9.16. The third kappa shape index (κ3) is 3.94. The zero-order valence-corrected chi connectivity index (χ0v) is 11.0. The predicted molar refractivity (Wildman–Crippen MR) is 70.0 cm³/mol. The molecule has 1 heterocycles. The molecule has 0 bridgehead atoms. The van der Waals surface area contributed by atoms with Crippen LogP contribution in [-0.4, -0.2) is 48.8 Å². The summed E-state index contributed by atoms with van der Waals surface area (Å²) in [5.74, 6) is 0.605. The minimum atomic E-state index is -0.496. The van der Waals surface area contributed by atoms with E-state index in [1.54, 1.807) is 36.1 Å². The molecule has 5 heteroatoms. The zero-order chi connectivity index (χ0) is 13.7. The first kappa shape index (κ1) is 13.8. The van der Waals surface area contributed by atoms with Crippen molar-refractivity contribution >= 4 is 5.91 Å². The van der Waals surface area contributed by atoms with E-state index in [1.807, 2.05) is 0 Å². The molecule has 0 spiro atoms. The number of benzene rings is 1. The average molecular weight is 265 g/mol. The number of hydrogen-bond acceptors (Lipinski definition) is 4. The second kappa shape index (κ2) is 6.54. The van der Waals surface area contributed by atoms with Crippen LogP contribution in [0.3, 0.4) is 0 Å². The number of ether oxygens (including phenoxy) is 2. The minimum Gasteiger partial charge on any atom is -0.484 e. The molecular weight excluding hydrogens is 246 g/mol. The van der Waals surface area contributed by atoms with Crippen molar-refractivity contribution in [1.82, 2.24) is 4.90 Å². The third-order valence-electron chi connectivity index (χ3n) is 3.09. The van der Waals surface area contributed by atoms with E-state index in [0.29, 0.717) is 32.1 Å². The summed E-state index contributed by atoms with van der Waals surface area (Å²) in [4.78, 5) is 13.6. The minimum absolute atomic E-state index is 0.0251. The monoisotopic (exact) mass is 265 g/mol. The topological polar surface area (TPSA) is 59.0 Å². The second-order valence-electron chi connectivity index (χ2n) is 4.53. The van der Waals surface area contributed by atoms with Gasteiger partial charge in [0.1, 0.15) is 5.75 Å². The van der Waals surface area contributed by atoms with Crippen molar-refractivity contribution in [1.29, 1.82) is 0 Å². The molecule has 1 N–H and O–H groups in total. The highest BCUT2D eigenvalue weighted by Crippen LogP contribution is 2.17. The van der Waals surface area contributed by atoms with Crippen molar-refractivity contribution < 1.29 is 19.4 Å². The summed E-state index contributed by atoms with van der Waals surface area (Å²) in [5, 5.41) is 9.39. The largest absolute Gasteiger partial charge is 0.484 e. The SMILES string of the molecule is CC(O)c1ccc(OCC(=O)N2CCOCC2)cc1. The summed E-state index contributed by atoms with van der Waals surface area (Å²) in [6.45, 7) is 4.18. The summed E-state index contributed by atoms with van der Waals surface area (Å²) in [7, 11) is 0. The van der Waals surface area contributed by atoms with Crippen LogP contribution in [0, 0.1) is 0 Å². The second-order valence-corrected chi connectivity index (χ2v) is 4.53. The van der Waals surface area contributed by atoms with Gasteiger partial charge in [-0.15, -0.1) is 0 Å². The molecule has 1 aliphatic rings. The highest BCUT2D eigenvalue weighted by Gasteiger charge is 2.17. The molecule has 1 aromatic rings. The first-order valence-corrected chi connectivity index (χ1v) is 6.43. The Balaban J connectivity index is 1.82. The van der Waals surface area contributed by atoms with Gasteiger partial charge in [0.05, 0.1) is 19.3 Å². The van der Waals surface area contributed by atoms with Crippen molar-refractivity contribution in [2.75, 3.05) is 32.9 Å². The molecule has 19 heavy (non-hydrogen) atoms. The summed E-state index contributed by atoms with van der Waals surface area (Å²) in [5.41, 5.74) is 0.826. The van der Waals surface area contributed by atoms with Crippen LogP contribution in [0.5, 0.6) is 5.75 Å². The Morgan fingerprint density at radius 2 is 2.00 bits per heavy atom. The molecule has 1 amide bonds. The number of morpholine rings is 1. The van der Waals surface area contributed by atoms with Crippen LogP contribution >= 0.6 is 0 Å². The number of rotatable bonds is 4. The Morgan fingerprint density at radius 1 is 1.37 bits per heavy atom. The molecule has 1 atom stereocenters. The van der Waals surface area contributed by atoms with Crippen molar-refractivity contribution in [3.05, 3.63) is 29.8 Å². The van der Waals surface area contributed by atoms with Gasteiger partial charge in [0, 0.05) is 13.1 Å². The summed E-state index contributed by atoms with van der Waals surface area (Å²) in [6.07, 6.45) is -0.496. The smallest absolute Gasteiger partial charge is 0.260 e. The fraction of sp³-hybridized carbons (Fsp3) is 0.500. The van der Waals surface area contributed by atoms with E-state index < -0.39 is 6.10 Å². The predicted octanol–water partition coefficient (Wildman–Crippen LogP) is 0.978. The van der Waals surface area contributed by atoms with Gasteiger partial charge in [-0.25, -0.2) is 0 Å². The van der Waals surface area contributed by atoms with Crippen LogP contribution in [0.2, 0.25) is 0 Å². The lowest BCUT2D eigenvalue weighted by Crippen LogP contribution is -2.42. The van der Waals surface area contributed by atoms with E-state index in [4.69, 9.17) is 9.47 Å². The van der Waals surface area contributed by atoms with Gasteiger partial charge < -0.3 is 19.5 Å². The maximum absolute atomic E-state index is 11.9. The van der Waals surface area contributed by atoms with Crippen molar-refractivity contribution in [3.8, 4) is 5.75 Å². The third-order valence-corrected chi connectivity index (χ3v) is 3.09. The van der Waals surface area contributed by atoms with Gasteiger partial charge in [-0.3, -0.25) is 4.79 Å². The number of nitrogens with zero attached hydrogens (tertiary/aromatic N) is 1. The molecule has 1 aliphatic heterocycles. The van der Waals surface area contributed by atoms with Gasteiger partial charge in [-0.2, -0.15) is 0 Å². The fourth-order valence-electron chi connectivity index (χ4n) is 1.89. The van der Waals surface area contributed by atoms with Crippen molar-refractivity contribution in [2.24, 2.45) is 0 Å². The summed E-state index contributed by atoms with van der Waals surface area (Å²) in [6, 6.07) is 7.10. The molecule has 104 valence electrons. The molecule has 1 unspecified atom stereocenters. The normalized spacial score (nSPS) is 17.1. The van der Waals surface area contributed by atoms with E-state index in [9.17, 15) is 9.90 Å². The molecule has 0 saturated carbocycles. The molecule has 0 aliphatic carbocycles. The van der Waals surface area contributed by atoms with Crippen molar-refractivity contribution in [3.63, 3.8) is 0 Å². The van der Waals surface area contributed by atoms with Gasteiger partial charge in [0.15, 0.2) is 6.61 Å². The number of carbonyl (C=O) groups excluding carboxylic acids is 1. The van der Waals surface area contributed by atoms with Crippen LogP contribution in [0.25, 0.3) is 0 Å². The van der Waals surface area contributed by atoms with Gasteiger partial charge in [0.2, 0.25) is 0 Å². The maximum Gasteiger partial charge on any atom is 0.260 e. The number of aliphatic hydroxyl groups excluding tert-OH is 1. The molecule has 5 nitrogen and oxygen atoms in total. The molecule has 1 saturated heterocycles. The van der Waals surface area contributed by atoms with E-state index in [-0.39, 0.29) is 12.5 Å². The lowest BCUT2D eigenvalue weighted by atomic mass is 10.1. The molecule has 2 rings (SSSR count). The van der Waals surface area contributed by atoms with E-state index in [0.717, 1.165) is 5.56 Å². The average Bonchev–Trinajstić information content (AvgIpc) is 2.46. The summed E-state index contributed by atoms with van der Waals surface area (Å²) < 4.78 is 10.6. The van der Waals surface area contributed by atoms with Crippen LogP contribution in [-0.2, 0) is 9.53 Å². The van der Waals surface area contributed by atoms with Crippen LogP contribution in [0.15, 0.2) is 24.3 Å². The Morgan fingerprint density at radius 3 is 2.58 bits per heavy atom. The van der Waals surface area contributed by atoms with Crippen LogP contribution in [0.1, 0.15) is 18.6 Å². The molecule has 1 aromatic carbocycles. The lowest BCUT2D eigenvalue weighted by molar-refractivity contribution is -0.137. The molecule has 0 radical (unpaired) electrons. The number of carbonyl (C=O) groups is 1. The van der Waals surface area contributed by atoms with Crippen LogP contribution in [0.4, 0.5) is 0 Å². The van der Waals surface area contributed by atoms with E-state index in [1.165, 1.54) is 0 Å². The van der Waals surface area contributed by atoms with Gasteiger partial charge in [-0.1, -0.05) is 12.1 Å². The Labute approximate surface area is 112 Å². The highest BCUT2D eigenvalue weighted by molar-refractivity contribution is 5.77. The van der Waals surface area contributed by atoms with Gasteiger partial charge >= 0.3 is 0 Å². The number of aliphatic hydroxyl groups is 1. The highest BCUT2D eigenvalue weighted by atomic mass is 16.5. The van der Waals surface area contributed by atoms with Gasteiger partial charge in [-0.05, 0) is 24.6 Å². The maximum atomic E-state index is 11.9. The quantitative estimate of drug-likeness (QED) is 0.881. The van der Waals surface area contributed by atoms with Crippen LogP contribution < -0.4 is 4.74 Å². The molecule has 1 fully saturated rings. The van der Waals surface area contributed by atoms with E-state index in [2.05, 4.69) is 0 Å². The molecule has 0 aromatic heterocycles.